The molecule has 24 heavy (non-hydrogen) atoms. The minimum absolute atomic E-state index is 0.154. The van der Waals surface area contributed by atoms with Gasteiger partial charge >= 0.3 is 0 Å². The molecule has 0 atom stereocenters. The summed E-state index contributed by atoms with van der Waals surface area (Å²) in [6.45, 7) is 4.31. The number of sulfonamides is 1. The van der Waals surface area contributed by atoms with E-state index >= 15 is 0 Å². The Kier molecular flexibility index (Phi) is 4.40. The SMILES string of the molecule is CCOc1cccc(NS(=O)(=O)c2cccc3cc(C)cnc23)c1. The molecule has 0 unspecified atom stereocenters. The number of benzene rings is 2. The number of ether oxygens (including phenoxy) is 1. The third-order valence-electron chi connectivity index (χ3n) is 3.50. The van der Waals surface area contributed by atoms with Crippen molar-refractivity contribution in [2.24, 2.45) is 0 Å². The predicted molar refractivity (Wildman–Crippen MR) is 94.9 cm³/mol. The lowest BCUT2D eigenvalue weighted by atomic mass is 10.2. The van der Waals surface area contributed by atoms with Crippen molar-refractivity contribution in [2.75, 3.05) is 11.3 Å². The summed E-state index contributed by atoms with van der Waals surface area (Å²) in [6.07, 6.45) is 1.66. The number of fused-ring (bicyclic) bond motifs is 1. The zero-order valence-electron chi connectivity index (χ0n) is 13.5. The Labute approximate surface area is 141 Å². The molecule has 0 aliphatic rings. The fourth-order valence-electron chi connectivity index (χ4n) is 2.49. The molecule has 0 saturated heterocycles. The molecule has 1 heterocycles. The highest BCUT2D eigenvalue weighted by Gasteiger charge is 2.18. The number of pyridine rings is 1. The van der Waals surface area contributed by atoms with Gasteiger partial charge in [0.25, 0.3) is 10.0 Å². The van der Waals surface area contributed by atoms with E-state index in [-0.39, 0.29) is 4.90 Å². The van der Waals surface area contributed by atoms with Crippen LogP contribution < -0.4 is 9.46 Å². The topological polar surface area (TPSA) is 68.3 Å². The first-order valence-electron chi connectivity index (χ1n) is 7.60. The summed E-state index contributed by atoms with van der Waals surface area (Å²) in [5.74, 6) is 0.615. The molecular formula is C18H18N2O3S. The number of aryl methyl sites for hydroxylation is 1. The Morgan fingerprint density at radius 2 is 1.92 bits per heavy atom. The van der Waals surface area contributed by atoms with Crippen LogP contribution >= 0.6 is 0 Å². The Bertz CT molecular complexity index is 984. The summed E-state index contributed by atoms with van der Waals surface area (Å²) < 4.78 is 33.6. The van der Waals surface area contributed by atoms with Gasteiger partial charge in [-0.15, -0.1) is 0 Å². The summed E-state index contributed by atoms with van der Waals surface area (Å²) in [6, 6.07) is 13.9. The van der Waals surface area contributed by atoms with Gasteiger partial charge in [-0.1, -0.05) is 18.2 Å². The monoisotopic (exact) mass is 342 g/mol. The molecule has 0 amide bonds. The number of para-hydroxylation sites is 1. The Morgan fingerprint density at radius 3 is 2.71 bits per heavy atom. The summed E-state index contributed by atoms with van der Waals surface area (Å²) in [5.41, 5.74) is 1.89. The van der Waals surface area contributed by atoms with E-state index in [4.69, 9.17) is 4.74 Å². The lowest BCUT2D eigenvalue weighted by Crippen LogP contribution is -2.13. The molecule has 124 valence electrons. The number of aromatic nitrogens is 1. The third-order valence-corrected chi connectivity index (χ3v) is 4.91. The molecule has 5 nitrogen and oxygen atoms in total. The van der Waals surface area contributed by atoms with Crippen molar-refractivity contribution in [3.63, 3.8) is 0 Å². The van der Waals surface area contributed by atoms with Crippen LogP contribution in [0, 0.1) is 6.92 Å². The normalized spacial score (nSPS) is 11.4. The van der Waals surface area contributed by atoms with Crippen LogP contribution in [0.4, 0.5) is 5.69 Å². The zero-order valence-corrected chi connectivity index (χ0v) is 14.3. The van der Waals surface area contributed by atoms with Crippen LogP contribution in [0.15, 0.2) is 59.6 Å². The zero-order chi connectivity index (χ0) is 17.2. The summed E-state index contributed by atoms with van der Waals surface area (Å²) in [5, 5.41) is 0.793. The number of rotatable bonds is 5. The van der Waals surface area contributed by atoms with Crippen molar-refractivity contribution in [1.82, 2.24) is 4.98 Å². The van der Waals surface area contributed by atoms with Gasteiger partial charge in [-0.3, -0.25) is 9.71 Å². The number of nitrogens with one attached hydrogen (secondary N) is 1. The molecule has 0 aliphatic carbocycles. The van der Waals surface area contributed by atoms with Crippen molar-refractivity contribution in [3.05, 3.63) is 60.3 Å². The first kappa shape index (κ1) is 16.3. The fraction of sp³-hybridized carbons (Fsp3) is 0.167. The van der Waals surface area contributed by atoms with Crippen molar-refractivity contribution in [2.45, 2.75) is 18.7 Å². The van der Waals surface area contributed by atoms with E-state index in [1.54, 1.807) is 42.6 Å². The highest BCUT2D eigenvalue weighted by molar-refractivity contribution is 7.93. The maximum atomic E-state index is 12.8. The Balaban J connectivity index is 2.01. The second kappa shape index (κ2) is 6.49. The van der Waals surface area contributed by atoms with E-state index in [0.29, 0.717) is 23.6 Å². The van der Waals surface area contributed by atoms with Gasteiger partial charge in [0.2, 0.25) is 0 Å². The van der Waals surface area contributed by atoms with Crippen molar-refractivity contribution >= 4 is 26.6 Å². The average Bonchev–Trinajstić information content (AvgIpc) is 2.54. The molecule has 1 N–H and O–H groups in total. The van der Waals surface area contributed by atoms with Gasteiger partial charge in [0.15, 0.2) is 0 Å². The Hall–Kier alpha value is -2.60. The van der Waals surface area contributed by atoms with Crippen molar-refractivity contribution < 1.29 is 13.2 Å². The maximum Gasteiger partial charge on any atom is 0.264 e. The van der Waals surface area contributed by atoms with Crippen LogP contribution in [-0.4, -0.2) is 20.0 Å². The molecule has 2 aromatic carbocycles. The van der Waals surface area contributed by atoms with Crippen LogP contribution in [0.1, 0.15) is 12.5 Å². The molecule has 1 aromatic heterocycles. The van der Waals surface area contributed by atoms with E-state index in [9.17, 15) is 8.42 Å². The Morgan fingerprint density at radius 1 is 1.12 bits per heavy atom. The first-order chi connectivity index (χ1) is 11.5. The lowest BCUT2D eigenvalue weighted by molar-refractivity contribution is 0.340. The fourth-order valence-corrected chi connectivity index (χ4v) is 3.72. The lowest BCUT2D eigenvalue weighted by Gasteiger charge is -2.11. The highest BCUT2D eigenvalue weighted by Crippen LogP contribution is 2.25. The number of anilines is 1. The van der Waals surface area contributed by atoms with E-state index in [0.717, 1.165) is 10.9 Å². The molecule has 3 rings (SSSR count). The molecule has 3 aromatic rings. The maximum absolute atomic E-state index is 12.8. The number of hydrogen-bond acceptors (Lipinski definition) is 4. The van der Waals surface area contributed by atoms with Gasteiger partial charge in [0, 0.05) is 17.6 Å². The van der Waals surface area contributed by atoms with Gasteiger partial charge in [0.05, 0.1) is 17.8 Å². The van der Waals surface area contributed by atoms with E-state index in [1.807, 2.05) is 26.0 Å². The second-order valence-corrected chi connectivity index (χ2v) is 7.06. The molecule has 0 saturated carbocycles. The number of nitrogens with zero attached hydrogens (tertiary/aromatic N) is 1. The summed E-state index contributed by atoms with van der Waals surface area (Å²) in [7, 11) is -3.75. The molecule has 0 spiro atoms. The van der Waals surface area contributed by atoms with E-state index in [2.05, 4.69) is 9.71 Å². The minimum atomic E-state index is -3.75. The van der Waals surface area contributed by atoms with Crippen molar-refractivity contribution in [1.29, 1.82) is 0 Å². The van der Waals surface area contributed by atoms with Gasteiger partial charge in [-0.2, -0.15) is 0 Å². The van der Waals surface area contributed by atoms with Crippen LogP contribution in [0.2, 0.25) is 0 Å². The van der Waals surface area contributed by atoms with Crippen LogP contribution in [-0.2, 0) is 10.0 Å². The molecule has 0 bridgehead atoms. The van der Waals surface area contributed by atoms with E-state index in [1.165, 1.54) is 0 Å². The smallest absolute Gasteiger partial charge is 0.264 e. The highest BCUT2D eigenvalue weighted by atomic mass is 32.2. The van der Waals surface area contributed by atoms with E-state index < -0.39 is 10.0 Å². The standard InChI is InChI=1S/C18H18N2O3S/c1-3-23-16-8-5-7-15(11-16)20-24(21,22)17-9-4-6-14-10-13(2)12-19-18(14)17/h4-12,20H,3H2,1-2H3. The van der Waals surface area contributed by atoms with Gasteiger partial charge in [-0.05, 0) is 43.7 Å². The van der Waals surface area contributed by atoms with Crippen LogP contribution in [0.5, 0.6) is 5.75 Å². The molecule has 0 fully saturated rings. The minimum Gasteiger partial charge on any atom is -0.494 e. The van der Waals surface area contributed by atoms with Crippen LogP contribution in [0.25, 0.3) is 10.9 Å². The third kappa shape index (κ3) is 3.33. The number of hydrogen-bond donors (Lipinski definition) is 1. The van der Waals surface area contributed by atoms with Crippen molar-refractivity contribution in [3.8, 4) is 5.75 Å². The van der Waals surface area contributed by atoms with Crippen LogP contribution in [0.3, 0.4) is 0 Å². The van der Waals surface area contributed by atoms with Gasteiger partial charge < -0.3 is 4.74 Å². The molecule has 6 heteroatoms. The molecule has 0 radical (unpaired) electrons. The van der Waals surface area contributed by atoms with Gasteiger partial charge in [-0.25, -0.2) is 8.42 Å². The average molecular weight is 342 g/mol. The molecule has 0 aliphatic heterocycles. The second-order valence-electron chi connectivity index (χ2n) is 5.41. The predicted octanol–water partition coefficient (Wildman–Crippen LogP) is 3.74. The summed E-state index contributed by atoms with van der Waals surface area (Å²) >= 11 is 0. The quantitative estimate of drug-likeness (QED) is 0.767. The van der Waals surface area contributed by atoms with Gasteiger partial charge in [0.1, 0.15) is 10.6 Å². The largest absolute Gasteiger partial charge is 0.494 e. The molecular weight excluding hydrogens is 324 g/mol. The first-order valence-corrected chi connectivity index (χ1v) is 9.09. The summed E-state index contributed by atoms with van der Waals surface area (Å²) in [4.78, 5) is 4.45.